The maximum absolute atomic E-state index is 12.8. The molecule has 0 radical (unpaired) electrons. The Balaban J connectivity index is 1.83. The van der Waals surface area contributed by atoms with Crippen molar-refractivity contribution < 1.29 is 9.59 Å². The molecule has 0 heterocycles. The number of carbonyl (C=O) groups is 2. The molecular formula is C18H13ClO2. The summed E-state index contributed by atoms with van der Waals surface area (Å²) in [6.45, 7) is 0. The van der Waals surface area contributed by atoms with E-state index in [9.17, 15) is 9.59 Å². The van der Waals surface area contributed by atoms with Crippen molar-refractivity contribution in [3.8, 4) is 0 Å². The normalized spacial score (nSPS) is 30.3. The second-order valence-electron chi connectivity index (χ2n) is 5.76. The number of Topliss-reactive ketones (excluding diaryl/α,β-unsaturated/α-hetero) is 2. The quantitative estimate of drug-likeness (QED) is 0.749. The van der Waals surface area contributed by atoms with E-state index in [1.807, 2.05) is 30.3 Å². The molecular weight excluding hydrogens is 284 g/mol. The van der Waals surface area contributed by atoms with Gasteiger partial charge in [0.1, 0.15) is 4.87 Å². The van der Waals surface area contributed by atoms with E-state index in [2.05, 4.69) is 0 Å². The standard InChI is InChI=1S/C18H13ClO2/c19-18-14(11-6-2-1-3-7-11)10-15(18)16(20)12-8-4-5-9-13(12)17(18)21/h1-9,14-15H,10H2/t14-,15+,18-/m0/s1. The van der Waals surface area contributed by atoms with Crippen molar-refractivity contribution in [1.29, 1.82) is 0 Å². The van der Waals surface area contributed by atoms with Crippen molar-refractivity contribution in [2.75, 3.05) is 0 Å². The van der Waals surface area contributed by atoms with Crippen LogP contribution in [0.1, 0.15) is 38.6 Å². The molecule has 0 amide bonds. The van der Waals surface area contributed by atoms with Crippen molar-refractivity contribution in [3.05, 3.63) is 71.3 Å². The molecule has 4 rings (SSSR count). The second kappa shape index (κ2) is 4.28. The van der Waals surface area contributed by atoms with Crippen LogP contribution in [0.25, 0.3) is 0 Å². The number of halogens is 1. The molecule has 0 spiro atoms. The molecule has 1 saturated carbocycles. The fourth-order valence-electron chi connectivity index (χ4n) is 3.63. The van der Waals surface area contributed by atoms with Crippen LogP contribution in [0.3, 0.4) is 0 Å². The molecule has 2 aromatic carbocycles. The Morgan fingerprint density at radius 3 is 2.19 bits per heavy atom. The van der Waals surface area contributed by atoms with Gasteiger partial charge in [0.15, 0.2) is 11.6 Å². The van der Waals surface area contributed by atoms with Gasteiger partial charge in [-0.1, -0.05) is 54.6 Å². The minimum atomic E-state index is -1.10. The number of benzene rings is 2. The average Bonchev–Trinajstić information content (AvgIpc) is 2.52. The summed E-state index contributed by atoms with van der Waals surface area (Å²) in [5.74, 6) is -0.584. The predicted molar refractivity (Wildman–Crippen MR) is 81.0 cm³/mol. The first-order valence-corrected chi connectivity index (χ1v) is 7.43. The summed E-state index contributed by atoms with van der Waals surface area (Å²) in [4.78, 5) is 24.3. The monoisotopic (exact) mass is 296 g/mol. The van der Waals surface area contributed by atoms with Crippen LogP contribution in [0.15, 0.2) is 54.6 Å². The molecule has 0 aromatic heterocycles. The molecule has 3 heteroatoms. The zero-order valence-electron chi connectivity index (χ0n) is 11.3. The van der Waals surface area contributed by atoms with E-state index in [1.54, 1.807) is 24.3 Å². The Morgan fingerprint density at radius 2 is 1.48 bits per heavy atom. The second-order valence-corrected chi connectivity index (χ2v) is 6.38. The van der Waals surface area contributed by atoms with Crippen molar-refractivity contribution in [2.45, 2.75) is 17.2 Å². The Labute approximate surface area is 127 Å². The summed E-state index contributed by atoms with van der Waals surface area (Å²) in [6, 6.07) is 16.8. The Bertz CT molecular complexity index is 753. The average molecular weight is 297 g/mol. The van der Waals surface area contributed by atoms with Crippen molar-refractivity contribution >= 4 is 23.2 Å². The topological polar surface area (TPSA) is 34.1 Å². The number of carbonyl (C=O) groups excluding carboxylic acids is 2. The Kier molecular flexibility index (Phi) is 2.61. The number of alkyl halides is 1. The van der Waals surface area contributed by atoms with E-state index >= 15 is 0 Å². The van der Waals surface area contributed by atoms with E-state index in [0.29, 0.717) is 17.5 Å². The van der Waals surface area contributed by atoms with Gasteiger partial charge in [0.05, 0.1) is 5.92 Å². The van der Waals surface area contributed by atoms with Gasteiger partial charge in [-0.15, -0.1) is 11.6 Å². The van der Waals surface area contributed by atoms with Crippen LogP contribution in [0, 0.1) is 5.92 Å². The van der Waals surface area contributed by atoms with Gasteiger partial charge in [0, 0.05) is 17.0 Å². The highest BCUT2D eigenvalue weighted by Gasteiger charge is 2.64. The number of hydrogen-bond acceptors (Lipinski definition) is 2. The van der Waals surface area contributed by atoms with Crippen LogP contribution in [0.2, 0.25) is 0 Å². The lowest BCUT2D eigenvalue weighted by atomic mass is 9.54. The van der Waals surface area contributed by atoms with Crippen molar-refractivity contribution in [1.82, 2.24) is 0 Å². The van der Waals surface area contributed by atoms with E-state index in [0.717, 1.165) is 5.56 Å². The van der Waals surface area contributed by atoms with Crippen LogP contribution < -0.4 is 0 Å². The van der Waals surface area contributed by atoms with Crippen LogP contribution in [0.4, 0.5) is 0 Å². The van der Waals surface area contributed by atoms with E-state index in [-0.39, 0.29) is 17.5 Å². The van der Waals surface area contributed by atoms with Gasteiger partial charge in [-0.2, -0.15) is 0 Å². The lowest BCUT2D eigenvalue weighted by Crippen LogP contribution is -2.61. The maximum atomic E-state index is 12.8. The first-order chi connectivity index (χ1) is 10.1. The number of hydrogen-bond donors (Lipinski definition) is 0. The van der Waals surface area contributed by atoms with Crippen LogP contribution >= 0.6 is 11.6 Å². The summed E-state index contributed by atoms with van der Waals surface area (Å²) in [6.07, 6.45) is 0.645. The lowest BCUT2D eigenvalue weighted by molar-refractivity contribution is 0.0578. The van der Waals surface area contributed by atoms with Crippen molar-refractivity contribution in [2.24, 2.45) is 5.92 Å². The predicted octanol–water partition coefficient (Wildman–Crippen LogP) is 3.85. The molecule has 104 valence electrons. The fourth-order valence-corrected chi connectivity index (χ4v) is 4.13. The van der Waals surface area contributed by atoms with Gasteiger partial charge in [-0.05, 0) is 12.0 Å². The maximum Gasteiger partial charge on any atom is 0.185 e. The molecule has 3 atom stereocenters. The molecule has 2 nitrogen and oxygen atoms in total. The molecule has 0 aliphatic heterocycles. The summed E-state index contributed by atoms with van der Waals surface area (Å²) < 4.78 is 0. The SMILES string of the molecule is O=C1c2ccccc2C(=O)[C@@]2(Cl)[C@@H]1C[C@H]2c1ccccc1. The van der Waals surface area contributed by atoms with Gasteiger partial charge in [-0.25, -0.2) is 0 Å². The molecule has 21 heavy (non-hydrogen) atoms. The third-order valence-electron chi connectivity index (χ3n) is 4.79. The molecule has 0 unspecified atom stereocenters. The first-order valence-electron chi connectivity index (χ1n) is 7.06. The van der Waals surface area contributed by atoms with E-state index in [1.165, 1.54) is 0 Å². The zero-order valence-corrected chi connectivity index (χ0v) is 12.0. The fraction of sp³-hybridized carbons (Fsp3) is 0.222. The smallest absolute Gasteiger partial charge is 0.185 e. The highest BCUT2D eigenvalue weighted by Crippen LogP contribution is 2.59. The van der Waals surface area contributed by atoms with Crippen LogP contribution in [0.5, 0.6) is 0 Å². The molecule has 0 saturated heterocycles. The van der Waals surface area contributed by atoms with Gasteiger partial charge < -0.3 is 0 Å². The molecule has 2 aliphatic rings. The molecule has 0 bridgehead atoms. The van der Waals surface area contributed by atoms with Gasteiger partial charge >= 0.3 is 0 Å². The summed E-state index contributed by atoms with van der Waals surface area (Å²) >= 11 is 6.71. The van der Waals surface area contributed by atoms with Crippen LogP contribution in [-0.4, -0.2) is 16.4 Å². The third kappa shape index (κ3) is 1.54. The highest BCUT2D eigenvalue weighted by atomic mass is 35.5. The van der Waals surface area contributed by atoms with Crippen molar-refractivity contribution in [3.63, 3.8) is 0 Å². The lowest BCUT2D eigenvalue weighted by Gasteiger charge is -2.52. The van der Waals surface area contributed by atoms with E-state index < -0.39 is 10.8 Å². The van der Waals surface area contributed by atoms with Gasteiger partial charge in [0.2, 0.25) is 0 Å². The first kappa shape index (κ1) is 12.8. The molecule has 0 N–H and O–H groups in total. The summed E-state index contributed by atoms with van der Waals surface area (Å²) in [5, 5.41) is 0. The largest absolute Gasteiger partial charge is 0.294 e. The zero-order chi connectivity index (χ0) is 14.6. The molecule has 2 aromatic rings. The number of fused-ring (bicyclic) bond motifs is 2. The minimum absolute atomic E-state index is 0.00683. The van der Waals surface area contributed by atoms with Crippen LogP contribution in [-0.2, 0) is 0 Å². The van der Waals surface area contributed by atoms with Gasteiger partial charge in [0.25, 0.3) is 0 Å². The minimum Gasteiger partial charge on any atom is -0.294 e. The van der Waals surface area contributed by atoms with E-state index in [4.69, 9.17) is 11.6 Å². The Hall–Kier alpha value is -1.93. The molecule has 2 aliphatic carbocycles. The van der Waals surface area contributed by atoms with Gasteiger partial charge in [-0.3, -0.25) is 9.59 Å². The molecule has 1 fully saturated rings. The Morgan fingerprint density at radius 1 is 0.857 bits per heavy atom. The highest BCUT2D eigenvalue weighted by molar-refractivity contribution is 6.44. The number of ketones is 2. The summed E-state index contributed by atoms with van der Waals surface area (Å²) in [5.41, 5.74) is 2.02. The number of rotatable bonds is 1. The summed E-state index contributed by atoms with van der Waals surface area (Å²) in [7, 11) is 0. The third-order valence-corrected chi connectivity index (χ3v) is 5.49.